The smallest absolute Gasteiger partial charge is 0.252 e. The second-order valence-electron chi connectivity index (χ2n) is 7.79. The first-order valence-corrected chi connectivity index (χ1v) is 11.2. The first kappa shape index (κ1) is 20.0. The molecular weight excluding hydrogens is 386 g/mol. The number of nitrogens with zero attached hydrogens (tertiary/aromatic N) is 2. The molecule has 7 heteroatoms. The van der Waals surface area contributed by atoms with Gasteiger partial charge in [-0.1, -0.05) is 25.3 Å². The van der Waals surface area contributed by atoms with Crippen molar-refractivity contribution in [2.24, 2.45) is 5.92 Å². The van der Waals surface area contributed by atoms with Gasteiger partial charge in [-0.05, 0) is 43.4 Å². The zero-order valence-electron chi connectivity index (χ0n) is 16.8. The molecule has 1 aromatic carbocycles. The Balaban J connectivity index is 1.52. The van der Waals surface area contributed by atoms with Crippen LogP contribution < -0.4 is 10.2 Å². The molecule has 4 rings (SSSR count). The lowest BCUT2D eigenvalue weighted by atomic mass is 9.87. The third kappa shape index (κ3) is 4.51. The predicted octanol–water partition coefficient (Wildman–Crippen LogP) is 4.25. The van der Waals surface area contributed by atoms with Crippen LogP contribution in [0.2, 0.25) is 0 Å². The van der Waals surface area contributed by atoms with Gasteiger partial charge in [0, 0.05) is 36.2 Å². The van der Waals surface area contributed by atoms with E-state index < -0.39 is 0 Å². The average molecular weight is 414 g/mol. The van der Waals surface area contributed by atoms with Crippen LogP contribution >= 0.6 is 11.3 Å². The number of rotatable bonds is 5. The van der Waals surface area contributed by atoms with Crippen LogP contribution in [0.25, 0.3) is 11.3 Å². The Hall–Kier alpha value is -2.25. The molecule has 1 aliphatic carbocycles. The Bertz CT molecular complexity index is 889. The summed E-state index contributed by atoms with van der Waals surface area (Å²) in [6, 6.07) is 6.24. The summed E-state index contributed by atoms with van der Waals surface area (Å²) in [6.07, 6.45) is 7.61. The van der Waals surface area contributed by atoms with E-state index in [9.17, 15) is 9.59 Å². The van der Waals surface area contributed by atoms with Gasteiger partial charge in [0.2, 0.25) is 5.91 Å². The minimum Gasteiger partial charge on any atom is -0.375 e. The SMILES string of the molecule is COCC(=O)Nc1nc(-c2ccc3c(c2)CCCN3C(=O)C2CCCCC2)cs1. The lowest BCUT2D eigenvalue weighted by Gasteiger charge is -2.33. The van der Waals surface area contributed by atoms with Crippen LogP contribution in [0.15, 0.2) is 23.6 Å². The highest BCUT2D eigenvalue weighted by Gasteiger charge is 2.29. The van der Waals surface area contributed by atoms with Gasteiger partial charge in [0.25, 0.3) is 5.91 Å². The molecule has 2 heterocycles. The summed E-state index contributed by atoms with van der Waals surface area (Å²) in [5.74, 6) is 0.275. The summed E-state index contributed by atoms with van der Waals surface area (Å²) >= 11 is 1.40. The number of carbonyl (C=O) groups excluding carboxylic acids is 2. The Morgan fingerprint density at radius 3 is 2.86 bits per heavy atom. The van der Waals surface area contributed by atoms with Gasteiger partial charge >= 0.3 is 0 Å². The van der Waals surface area contributed by atoms with Crippen molar-refractivity contribution in [3.8, 4) is 11.3 Å². The quantitative estimate of drug-likeness (QED) is 0.795. The fourth-order valence-electron chi connectivity index (χ4n) is 4.31. The highest BCUT2D eigenvalue weighted by molar-refractivity contribution is 7.14. The molecule has 2 amide bonds. The summed E-state index contributed by atoms with van der Waals surface area (Å²) in [5.41, 5.74) is 4.11. The minimum atomic E-state index is -0.212. The van der Waals surface area contributed by atoms with Crippen LogP contribution in [0.3, 0.4) is 0 Å². The molecule has 2 aromatic rings. The van der Waals surface area contributed by atoms with Crippen molar-refractivity contribution >= 4 is 34.0 Å². The fraction of sp³-hybridized carbons (Fsp3) is 0.500. The number of methoxy groups -OCH3 is 1. The van der Waals surface area contributed by atoms with Crippen molar-refractivity contribution in [2.45, 2.75) is 44.9 Å². The van der Waals surface area contributed by atoms with E-state index in [1.807, 2.05) is 16.3 Å². The van der Waals surface area contributed by atoms with Crippen LogP contribution in [0.1, 0.15) is 44.1 Å². The van der Waals surface area contributed by atoms with Gasteiger partial charge in [0.15, 0.2) is 5.13 Å². The van der Waals surface area contributed by atoms with Gasteiger partial charge in [0.1, 0.15) is 6.61 Å². The number of aromatic nitrogens is 1. The van der Waals surface area contributed by atoms with E-state index in [-0.39, 0.29) is 18.4 Å². The molecular formula is C22H27N3O3S. The number of nitrogens with one attached hydrogen (secondary N) is 1. The number of aryl methyl sites for hydroxylation is 1. The lowest BCUT2D eigenvalue weighted by Crippen LogP contribution is -2.40. The largest absolute Gasteiger partial charge is 0.375 e. The van der Waals surface area contributed by atoms with E-state index in [1.54, 1.807) is 0 Å². The Kier molecular flexibility index (Phi) is 6.25. The summed E-state index contributed by atoms with van der Waals surface area (Å²) in [5, 5.41) is 5.25. The van der Waals surface area contributed by atoms with Crippen molar-refractivity contribution < 1.29 is 14.3 Å². The molecule has 154 valence electrons. The van der Waals surface area contributed by atoms with E-state index in [0.717, 1.165) is 49.2 Å². The number of fused-ring (bicyclic) bond motifs is 1. The maximum absolute atomic E-state index is 13.1. The third-order valence-electron chi connectivity index (χ3n) is 5.74. The Labute approximate surface area is 175 Å². The molecule has 0 bridgehead atoms. The number of hydrogen-bond donors (Lipinski definition) is 1. The molecule has 0 radical (unpaired) electrons. The third-order valence-corrected chi connectivity index (χ3v) is 6.50. The molecule has 1 aromatic heterocycles. The molecule has 0 unspecified atom stereocenters. The lowest BCUT2D eigenvalue weighted by molar-refractivity contribution is -0.123. The monoisotopic (exact) mass is 413 g/mol. The average Bonchev–Trinajstić information content (AvgIpc) is 3.21. The molecule has 1 saturated carbocycles. The van der Waals surface area contributed by atoms with Gasteiger partial charge < -0.3 is 9.64 Å². The molecule has 0 atom stereocenters. The number of amides is 2. The maximum Gasteiger partial charge on any atom is 0.252 e. The molecule has 0 saturated heterocycles. The second-order valence-corrected chi connectivity index (χ2v) is 8.65. The number of hydrogen-bond acceptors (Lipinski definition) is 5. The van der Waals surface area contributed by atoms with E-state index in [0.29, 0.717) is 11.0 Å². The first-order chi connectivity index (χ1) is 14.2. The highest BCUT2D eigenvalue weighted by Crippen LogP contribution is 2.35. The summed E-state index contributed by atoms with van der Waals surface area (Å²) in [4.78, 5) is 31.3. The van der Waals surface area contributed by atoms with Crippen molar-refractivity contribution in [2.75, 3.05) is 30.5 Å². The highest BCUT2D eigenvalue weighted by atomic mass is 32.1. The molecule has 1 aliphatic heterocycles. The molecule has 2 aliphatic rings. The normalized spacial score (nSPS) is 17.1. The van der Waals surface area contributed by atoms with Gasteiger partial charge in [0.05, 0.1) is 5.69 Å². The van der Waals surface area contributed by atoms with Crippen molar-refractivity contribution in [3.63, 3.8) is 0 Å². The van der Waals surface area contributed by atoms with E-state index in [4.69, 9.17) is 4.74 Å². The zero-order valence-corrected chi connectivity index (χ0v) is 17.6. The number of carbonyl (C=O) groups is 2. The Morgan fingerprint density at radius 2 is 2.07 bits per heavy atom. The number of ether oxygens (including phenoxy) is 1. The molecule has 1 N–H and O–H groups in total. The second kappa shape index (κ2) is 9.05. The van der Waals surface area contributed by atoms with Crippen molar-refractivity contribution in [3.05, 3.63) is 29.1 Å². The minimum absolute atomic E-state index is 0.0125. The maximum atomic E-state index is 13.1. The molecule has 1 fully saturated rings. The molecule has 0 spiro atoms. The zero-order chi connectivity index (χ0) is 20.2. The van der Waals surface area contributed by atoms with E-state index >= 15 is 0 Å². The standard InChI is InChI=1S/C22H27N3O3S/c1-28-13-20(26)24-22-23-18(14-29-22)16-9-10-19-17(12-16)8-5-11-25(19)21(27)15-6-3-2-4-7-15/h9-10,12,14-15H,2-8,11,13H2,1H3,(H,23,24,26). The topological polar surface area (TPSA) is 71.5 Å². The predicted molar refractivity (Wildman–Crippen MR) is 115 cm³/mol. The number of benzene rings is 1. The first-order valence-electron chi connectivity index (χ1n) is 10.3. The number of thiazole rings is 1. The van der Waals surface area contributed by atoms with Crippen LogP contribution in [0.4, 0.5) is 10.8 Å². The Morgan fingerprint density at radius 1 is 1.24 bits per heavy atom. The van der Waals surface area contributed by atoms with Crippen LogP contribution in [0.5, 0.6) is 0 Å². The van der Waals surface area contributed by atoms with E-state index in [2.05, 4.69) is 22.4 Å². The summed E-state index contributed by atoms with van der Waals surface area (Å²) < 4.78 is 4.84. The van der Waals surface area contributed by atoms with Gasteiger partial charge in [-0.2, -0.15) is 0 Å². The van der Waals surface area contributed by atoms with Crippen LogP contribution in [-0.4, -0.2) is 37.1 Å². The van der Waals surface area contributed by atoms with Crippen LogP contribution in [-0.2, 0) is 20.7 Å². The van der Waals surface area contributed by atoms with Crippen LogP contribution in [0, 0.1) is 5.92 Å². The van der Waals surface area contributed by atoms with Gasteiger partial charge in [-0.25, -0.2) is 4.98 Å². The van der Waals surface area contributed by atoms with Gasteiger partial charge in [-0.15, -0.1) is 11.3 Å². The van der Waals surface area contributed by atoms with Crippen molar-refractivity contribution in [1.82, 2.24) is 4.98 Å². The van der Waals surface area contributed by atoms with E-state index in [1.165, 1.54) is 43.3 Å². The van der Waals surface area contributed by atoms with Gasteiger partial charge in [-0.3, -0.25) is 14.9 Å². The fourth-order valence-corrected chi connectivity index (χ4v) is 5.04. The van der Waals surface area contributed by atoms with Crippen molar-refractivity contribution in [1.29, 1.82) is 0 Å². The molecule has 6 nitrogen and oxygen atoms in total. The summed E-state index contributed by atoms with van der Waals surface area (Å²) in [6.45, 7) is 0.826. The summed E-state index contributed by atoms with van der Waals surface area (Å²) in [7, 11) is 1.49. The number of anilines is 2. The molecule has 29 heavy (non-hydrogen) atoms.